The molecular formula is C20H16ClF2N3O2. The molecule has 0 N–H and O–H groups in total. The van der Waals surface area contributed by atoms with Crippen LogP contribution in [0.3, 0.4) is 0 Å². The maximum absolute atomic E-state index is 13.8. The summed E-state index contributed by atoms with van der Waals surface area (Å²) < 4.78 is 34.1. The Balaban J connectivity index is 1.73. The zero-order chi connectivity index (χ0) is 19.8. The molecule has 3 aromatic rings. The van der Waals surface area contributed by atoms with E-state index in [-0.39, 0.29) is 23.8 Å². The molecule has 3 heterocycles. The SMILES string of the molecule is Cc1c(OCc2ncc(F)cc2F)cc(=O)n(-c2ccnc(Cl)c2)c1C1CC1. The third-order valence-corrected chi connectivity index (χ3v) is 4.86. The van der Waals surface area contributed by atoms with Crippen LogP contribution in [0, 0.1) is 18.6 Å². The van der Waals surface area contributed by atoms with Crippen molar-refractivity contribution < 1.29 is 13.5 Å². The summed E-state index contributed by atoms with van der Waals surface area (Å²) in [4.78, 5) is 20.5. The Bertz CT molecular complexity index is 1110. The fourth-order valence-electron chi connectivity index (χ4n) is 3.19. The number of hydrogen-bond acceptors (Lipinski definition) is 4. The minimum atomic E-state index is -0.792. The van der Waals surface area contributed by atoms with Crippen molar-refractivity contribution >= 4 is 11.6 Å². The van der Waals surface area contributed by atoms with E-state index in [0.29, 0.717) is 16.6 Å². The largest absolute Gasteiger partial charge is 0.487 e. The summed E-state index contributed by atoms with van der Waals surface area (Å²) in [6, 6.07) is 5.46. The van der Waals surface area contributed by atoms with E-state index in [4.69, 9.17) is 16.3 Å². The lowest BCUT2D eigenvalue weighted by Gasteiger charge is -2.18. The van der Waals surface area contributed by atoms with E-state index in [2.05, 4.69) is 9.97 Å². The normalized spacial score (nSPS) is 13.6. The second kappa shape index (κ2) is 7.31. The van der Waals surface area contributed by atoms with Crippen LogP contribution in [-0.4, -0.2) is 14.5 Å². The topological polar surface area (TPSA) is 57.0 Å². The standard InChI is InChI=1S/C20H16ClF2N3O2/c1-11-17(28-10-16-15(23)6-13(22)9-25-16)8-19(27)26(20(11)12-2-3-12)14-4-5-24-18(21)7-14/h4-9,12H,2-3,10H2,1H3. The molecule has 0 radical (unpaired) electrons. The van der Waals surface area contributed by atoms with E-state index in [1.165, 1.54) is 6.07 Å². The van der Waals surface area contributed by atoms with Crippen molar-refractivity contribution in [2.75, 3.05) is 0 Å². The number of pyridine rings is 3. The van der Waals surface area contributed by atoms with Gasteiger partial charge in [0.2, 0.25) is 0 Å². The number of nitrogens with zero attached hydrogens (tertiary/aromatic N) is 3. The molecule has 0 unspecified atom stereocenters. The quantitative estimate of drug-likeness (QED) is 0.595. The molecule has 8 heteroatoms. The maximum Gasteiger partial charge on any atom is 0.259 e. The third-order valence-electron chi connectivity index (χ3n) is 4.65. The van der Waals surface area contributed by atoms with Gasteiger partial charge in [-0.25, -0.2) is 13.8 Å². The summed E-state index contributed by atoms with van der Waals surface area (Å²) >= 11 is 5.99. The molecule has 0 saturated heterocycles. The number of halogens is 3. The van der Waals surface area contributed by atoms with E-state index in [0.717, 1.165) is 36.4 Å². The van der Waals surface area contributed by atoms with Crippen LogP contribution >= 0.6 is 11.6 Å². The Morgan fingerprint density at radius 3 is 2.71 bits per heavy atom. The summed E-state index contributed by atoms with van der Waals surface area (Å²) in [6.45, 7) is 1.65. The fraction of sp³-hybridized carbons (Fsp3) is 0.250. The highest BCUT2D eigenvalue weighted by molar-refractivity contribution is 6.29. The highest BCUT2D eigenvalue weighted by Gasteiger charge is 2.31. The van der Waals surface area contributed by atoms with Crippen molar-refractivity contribution in [1.82, 2.24) is 14.5 Å². The Morgan fingerprint density at radius 1 is 1.25 bits per heavy atom. The lowest BCUT2D eigenvalue weighted by atomic mass is 10.1. The summed E-state index contributed by atoms with van der Waals surface area (Å²) in [6.07, 6.45) is 4.41. The van der Waals surface area contributed by atoms with Crippen molar-refractivity contribution in [1.29, 1.82) is 0 Å². The molecule has 5 nitrogen and oxygen atoms in total. The van der Waals surface area contributed by atoms with E-state index in [1.54, 1.807) is 22.9 Å². The molecule has 28 heavy (non-hydrogen) atoms. The van der Waals surface area contributed by atoms with Gasteiger partial charge in [-0.2, -0.15) is 0 Å². The summed E-state index contributed by atoms with van der Waals surface area (Å²) in [5.41, 5.74) is 1.96. The zero-order valence-corrected chi connectivity index (χ0v) is 15.7. The molecule has 0 spiro atoms. The predicted octanol–water partition coefficient (Wildman–Crippen LogP) is 4.32. The van der Waals surface area contributed by atoms with Gasteiger partial charge in [-0.05, 0) is 31.9 Å². The highest BCUT2D eigenvalue weighted by atomic mass is 35.5. The van der Waals surface area contributed by atoms with Crippen LogP contribution < -0.4 is 10.3 Å². The first-order valence-electron chi connectivity index (χ1n) is 8.75. The number of ether oxygens (including phenoxy) is 1. The van der Waals surface area contributed by atoms with Crippen molar-refractivity contribution in [3.8, 4) is 11.4 Å². The predicted molar refractivity (Wildman–Crippen MR) is 100 cm³/mol. The molecule has 0 aliphatic heterocycles. The molecule has 1 aliphatic rings. The van der Waals surface area contributed by atoms with Crippen LogP contribution in [0.2, 0.25) is 5.15 Å². The fourth-order valence-corrected chi connectivity index (χ4v) is 3.35. The molecule has 0 bridgehead atoms. The van der Waals surface area contributed by atoms with Crippen LogP contribution in [0.4, 0.5) is 8.78 Å². The van der Waals surface area contributed by atoms with Crippen LogP contribution in [0.15, 0.2) is 41.5 Å². The van der Waals surface area contributed by atoms with Gasteiger partial charge in [-0.15, -0.1) is 0 Å². The van der Waals surface area contributed by atoms with Crippen molar-refractivity contribution in [2.45, 2.75) is 32.3 Å². The van der Waals surface area contributed by atoms with Gasteiger partial charge in [0.25, 0.3) is 5.56 Å². The second-order valence-electron chi connectivity index (χ2n) is 6.67. The average Bonchev–Trinajstić information content (AvgIpc) is 3.48. The highest BCUT2D eigenvalue weighted by Crippen LogP contribution is 2.43. The number of aromatic nitrogens is 3. The Morgan fingerprint density at radius 2 is 2.04 bits per heavy atom. The molecule has 144 valence electrons. The minimum Gasteiger partial charge on any atom is -0.487 e. The van der Waals surface area contributed by atoms with E-state index in [9.17, 15) is 13.6 Å². The van der Waals surface area contributed by atoms with Gasteiger partial charge in [0.1, 0.15) is 29.0 Å². The van der Waals surface area contributed by atoms with Crippen molar-refractivity contribution in [2.24, 2.45) is 0 Å². The van der Waals surface area contributed by atoms with Crippen molar-refractivity contribution in [3.63, 3.8) is 0 Å². The van der Waals surface area contributed by atoms with E-state index in [1.807, 2.05) is 6.92 Å². The molecule has 0 aromatic carbocycles. The van der Waals surface area contributed by atoms with E-state index >= 15 is 0 Å². The Hall–Kier alpha value is -2.80. The molecule has 4 rings (SSSR count). The van der Waals surface area contributed by atoms with Crippen LogP contribution in [0.5, 0.6) is 5.75 Å². The van der Waals surface area contributed by atoms with Gasteiger partial charge in [0, 0.05) is 35.5 Å². The van der Waals surface area contributed by atoms with Gasteiger partial charge >= 0.3 is 0 Å². The van der Waals surface area contributed by atoms with Crippen LogP contribution in [-0.2, 0) is 6.61 Å². The maximum atomic E-state index is 13.8. The molecule has 1 aliphatic carbocycles. The molecule has 1 fully saturated rings. The minimum absolute atomic E-state index is 0.0288. The zero-order valence-electron chi connectivity index (χ0n) is 15.0. The van der Waals surface area contributed by atoms with Gasteiger partial charge in [0.05, 0.1) is 11.9 Å². The molecule has 1 saturated carbocycles. The third kappa shape index (κ3) is 3.62. The number of rotatable bonds is 5. The molecule has 3 aromatic heterocycles. The van der Waals surface area contributed by atoms with Gasteiger partial charge in [-0.1, -0.05) is 11.6 Å². The Kier molecular flexibility index (Phi) is 4.85. The van der Waals surface area contributed by atoms with Crippen LogP contribution in [0.1, 0.15) is 35.7 Å². The lowest BCUT2D eigenvalue weighted by Crippen LogP contribution is -2.23. The van der Waals surface area contributed by atoms with Gasteiger partial charge < -0.3 is 4.74 Å². The van der Waals surface area contributed by atoms with E-state index < -0.39 is 11.6 Å². The van der Waals surface area contributed by atoms with Crippen molar-refractivity contribution in [3.05, 3.63) is 80.8 Å². The average molecular weight is 404 g/mol. The first kappa shape index (κ1) is 18.6. The van der Waals surface area contributed by atoms with Gasteiger partial charge in [-0.3, -0.25) is 14.3 Å². The van der Waals surface area contributed by atoms with Gasteiger partial charge in [0.15, 0.2) is 5.82 Å². The summed E-state index contributed by atoms with van der Waals surface area (Å²) in [5.74, 6) is -0.954. The second-order valence-corrected chi connectivity index (χ2v) is 7.06. The monoisotopic (exact) mass is 403 g/mol. The molecule has 0 amide bonds. The Labute approximate surface area is 164 Å². The molecular weight excluding hydrogens is 388 g/mol. The first-order valence-corrected chi connectivity index (χ1v) is 9.13. The van der Waals surface area contributed by atoms with Crippen LogP contribution in [0.25, 0.3) is 5.69 Å². The number of hydrogen-bond donors (Lipinski definition) is 0. The summed E-state index contributed by atoms with van der Waals surface area (Å²) in [7, 11) is 0. The smallest absolute Gasteiger partial charge is 0.259 e. The summed E-state index contributed by atoms with van der Waals surface area (Å²) in [5, 5.41) is 0.294. The first-order chi connectivity index (χ1) is 13.4. The lowest BCUT2D eigenvalue weighted by molar-refractivity contribution is 0.290. The molecule has 0 atom stereocenters.